The molecular weight excluding hydrogens is 254 g/mol. The van der Waals surface area contributed by atoms with Crippen LogP contribution in [0, 0.1) is 0 Å². The summed E-state index contributed by atoms with van der Waals surface area (Å²) in [6, 6.07) is 7.16. The number of nitrogens with one attached hydrogen (secondary N) is 1. The van der Waals surface area contributed by atoms with Gasteiger partial charge in [0, 0.05) is 5.02 Å². The molecule has 0 atom stereocenters. The molecule has 1 heterocycles. The number of nitrogens with zero attached hydrogens (tertiary/aromatic N) is 2. The molecule has 5 nitrogen and oxygen atoms in total. The van der Waals surface area contributed by atoms with Crippen LogP contribution in [0.3, 0.4) is 0 Å². The zero-order chi connectivity index (χ0) is 12.8. The van der Waals surface area contributed by atoms with E-state index < -0.39 is 0 Å². The number of hydrogen-bond acceptors (Lipinski definition) is 5. The van der Waals surface area contributed by atoms with Crippen LogP contribution in [0.1, 0.15) is 18.6 Å². The Morgan fingerprint density at radius 2 is 2.33 bits per heavy atom. The molecule has 0 aliphatic carbocycles. The lowest BCUT2D eigenvalue weighted by Crippen LogP contribution is -2.12. The van der Waals surface area contributed by atoms with Crippen LogP contribution >= 0.6 is 11.6 Å². The Bertz CT molecular complexity index is 502. The van der Waals surface area contributed by atoms with Crippen LogP contribution < -0.4 is 10.1 Å². The zero-order valence-electron chi connectivity index (χ0n) is 10.0. The van der Waals surface area contributed by atoms with Gasteiger partial charge in [0.1, 0.15) is 5.75 Å². The maximum absolute atomic E-state index is 5.85. The lowest BCUT2D eigenvalue weighted by atomic mass is 10.3. The van der Waals surface area contributed by atoms with Gasteiger partial charge in [-0.25, -0.2) is 0 Å². The molecule has 0 aliphatic rings. The number of hydrogen-bond donors (Lipinski definition) is 1. The fourth-order valence-electron chi connectivity index (χ4n) is 1.36. The first-order valence-electron chi connectivity index (χ1n) is 5.68. The van der Waals surface area contributed by atoms with Crippen LogP contribution in [0.15, 0.2) is 28.8 Å². The zero-order valence-corrected chi connectivity index (χ0v) is 10.8. The predicted molar refractivity (Wildman–Crippen MR) is 67.5 cm³/mol. The predicted octanol–water partition coefficient (Wildman–Crippen LogP) is 2.41. The summed E-state index contributed by atoms with van der Waals surface area (Å²) in [5.41, 5.74) is 0. The highest BCUT2D eigenvalue weighted by Crippen LogP contribution is 2.18. The third kappa shape index (κ3) is 3.72. The molecule has 96 valence electrons. The molecule has 0 saturated heterocycles. The largest absolute Gasteiger partial charge is 0.484 e. The lowest BCUT2D eigenvalue weighted by Gasteiger charge is -2.02. The highest BCUT2D eigenvalue weighted by molar-refractivity contribution is 6.30. The Balaban J connectivity index is 1.88. The van der Waals surface area contributed by atoms with Crippen LogP contribution in [-0.4, -0.2) is 16.7 Å². The average Bonchev–Trinajstić information content (AvgIpc) is 2.82. The average molecular weight is 268 g/mol. The second kappa shape index (κ2) is 6.37. The summed E-state index contributed by atoms with van der Waals surface area (Å²) in [6.45, 7) is 3.71. The second-order valence-corrected chi connectivity index (χ2v) is 4.07. The normalized spacial score (nSPS) is 10.6. The molecule has 0 aliphatic heterocycles. The van der Waals surface area contributed by atoms with E-state index in [0.29, 0.717) is 29.0 Å². The maximum Gasteiger partial charge on any atom is 0.264 e. The van der Waals surface area contributed by atoms with Crippen LogP contribution in [0.5, 0.6) is 5.75 Å². The van der Waals surface area contributed by atoms with Gasteiger partial charge in [-0.3, -0.25) is 0 Å². The van der Waals surface area contributed by atoms with Gasteiger partial charge in [0.05, 0.1) is 6.54 Å². The van der Waals surface area contributed by atoms with E-state index in [9.17, 15) is 0 Å². The minimum atomic E-state index is 0.236. The topological polar surface area (TPSA) is 60.2 Å². The third-order valence-electron chi connectivity index (χ3n) is 2.20. The van der Waals surface area contributed by atoms with Crippen molar-refractivity contribution in [2.75, 3.05) is 6.54 Å². The van der Waals surface area contributed by atoms with Crippen molar-refractivity contribution in [3.63, 3.8) is 0 Å². The summed E-state index contributed by atoms with van der Waals surface area (Å²) < 4.78 is 10.5. The van der Waals surface area contributed by atoms with Gasteiger partial charge in [0.15, 0.2) is 12.4 Å². The van der Waals surface area contributed by atoms with Crippen molar-refractivity contribution in [1.29, 1.82) is 0 Å². The quantitative estimate of drug-likeness (QED) is 0.871. The minimum absolute atomic E-state index is 0.236. The molecule has 6 heteroatoms. The van der Waals surface area contributed by atoms with Crippen LogP contribution in [0.2, 0.25) is 5.02 Å². The van der Waals surface area contributed by atoms with E-state index in [0.717, 1.165) is 6.54 Å². The Morgan fingerprint density at radius 1 is 1.44 bits per heavy atom. The Labute approximate surface area is 110 Å². The van der Waals surface area contributed by atoms with Crippen molar-refractivity contribution in [1.82, 2.24) is 15.5 Å². The van der Waals surface area contributed by atoms with Crippen molar-refractivity contribution in [3.8, 4) is 5.75 Å². The molecule has 0 radical (unpaired) electrons. The second-order valence-electron chi connectivity index (χ2n) is 3.63. The van der Waals surface area contributed by atoms with Gasteiger partial charge in [0.25, 0.3) is 5.89 Å². The summed E-state index contributed by atoms with van der Waals surface area (Å²) >= 11 is 5.85. The van der Waals surface area contributed by atoms with Crippen LogP contribution in [0.4, 0.5) is 0 Å². The van der Waals surface area contributed by atoms with Crippen LogP contribution in [-0.2, 0) is 13.2 Å². The molecular formula is C12H14ClN3O2. The molecule has 0 bridgehead atoms. The molecule has 1 aromatic carbocycles. The minimum Gasteiger partial charge on any atom is -0.484 e. The van der Waals surface area contributed by atoms with E-state index in [-0.39, 0.29) is 6.61 Å². The Morgan fingerprint density at radius 3 is 3.11 bits per heavy atom. The lowest BCUT2D eigenvalue weighted by molar-refractivity contribution is 0.242. The number of rotatable bonds is 6. The van der Waals surface area contributed by atoms with E-state index in [1.807, 2.05) is 19.1 Å². The van der Waals surface area contributed by atoms with E-state index in [1.54, 1.807) is 12.1 Å². The molecule has 2 rings (SSSR count). The van der Waals surface area contributed by atoms with Gasteiger partial charge in [-0.1, -0.05) is 29.7 Å². The summed E-state index contributed by atoms with van der Waals surface area (Å²) in [5.74, 6) is 1.75. The summed E-state index contributed by atoms with van der Waals surface area (Å²) in [4.78, 5) is 4.19. The smallest absolute Gasteiger partial charge is 0.264 e. The summed E-state index contributed by atoms with van der Waals surface area (Å²) in [7, 11) is 0. The van der Waals surface area contributed by atoms with E-state index in [4.69, 9.17) is 20.9 Å². The SMILES string of the molecule is CCNCc1noc(COc2cccc(Cl)c2)n1. The van der Waals surface area contributed by atoms with Gasteiger partial charge in [-0.05, 0) is 24.7 Å². The summed E-state index contributed by atoms with van der Waals surface area (Å²) in [5, 5.41) is 7.58. The Hall–Kier alpha value is -1.59. The Kier molecular flexibility index (Phi) is 4.55. The molecule has 1 aromatic heterocycles. The number of ether oxygens (including phenoxy) is 1. The van der Waals surface area contributed by atoms with Crippen molar-refractivity contribution in [3.05, 3.63) is 41.0 Å². The van der Waals surface area contributed by atoms with E-state index in [1.165, 1.54) is 0 Å². The number of aromatic nitrogens is 2. The van der Waals surface area contributed by atoms with Crippen molar-refractivity contribution in [2.45, 2.75) is 20.1 Å². The highest BCUT2D eigenvalue weighted by atomic mass is 35.5. The monoisotopic (exact) mass is 267 g/mol. The fourth-order valence-corrected chi connectivity index (χ4v) is 1.54. The van der Waals surface area contributed by atoms with Crippen LogP contribution in [0.25, 0.3) is 0 Å². The molecule has 18 heavy (non-hydrogen) atoms. The van der Waals surface area contributed by atoms with Gasteiger partial charge in [-0.2, -0.15) is 4.98 Å². The number of benzene rings is 1. The maximum atomic E-state index is 5.85. The highest BCUT2D eigenvalue weighted by Gasteiger charge is 2.06. The first kappa shape index (κ1) is 12.9. The van der Waals surface area contributed by atoms with E-state index >= 15 is 0 Å². The van der Waals surface area contributed by atoms with Crippen molar-refractivity contribution in [2.24, 2.45) is 0 Å². The van der Waals surface area contributed by atoms with Gasteiger partial charge in [-0.15, -0.1) is 0 Å². The van der Waals surface area contributed by atoms with Crippen molar-refractivity contribution < 1.29 is 9.26 Å². The number of halogens is 1. The first-order chi connectivity index (χ1) is 8.78. The third-order valence-corrected chi connectivity index (χ3v) is 2.44. The van der Waals surface area contributed by atoms with Gasteiger partial charge >= 0.3 is 0 Å². The van der Waals surface area contributed by atoms with Crippen molar-refractivity contribution >= 4 is 11.6 Å². The molecule has 0 saturated carbocycles. The first-order valence-corrected chi connectivity index (χ1v) is 6.06. The molecule has 0 amide bonds. The molecule has 0 spiro atoms. The van der Waals surface area contributed by atoms with E-state index in [2.05, 4.69) is 15.5 Å². The molecule has 0 unspecified atom stereocenters. The fraction of sp³-hybridized carbons (Fsp3) is 0.333. The standard InChI is InChI=1S/C12H14ClN3O2/c1-2-14-7-11-15-12(18-16-11)8-17-10-5-3-4-9(13)6-10/h3-6,14H,2,7-8H2,1H3. The molecule has 0 fully saturated rings. The van der Waals surface area contributed by atoms with Gasteiger partial charge in [0.2, 0.25) is 0 Å². The molecule has 1 N–H and O–H groups in total. The summed E-state index contributed by atoms with van der Waals surface area (Å²) in [6.07, 6.45) is 0. The molecule has 2 aromatic rings. The van der Waals surface area contributed by atoms with Gasteiger partial charge < -0.3 is 14.6 Å².